The molecule has 1 aromatic heterocycles. The van der Waals surface area contributed by atoms with Crippen molar-refractivity contribution in [2.45, 2.75) is 6.61 Å². The number of nitrogens with one attached hydrogen (secondary N) is 1. The molecule has 9 nitrogen and oxygen atoms in total. The monoisotopic (exact) mass is 463 g/mol. The van der Waals surface area contributed by atoms with Crippen LogP contribution in [0.3, 0.4) is 0 Å². The minimum atomic E-state index is -0.610. The molecule has 0 saturated heterocycles. The molecular weight excluding hydrogens is 445 g/mol. The van der Waals surface area contributed by atoms with Gasteiger partial charge in [-0.1, -0.05) is 12.1 Å². The summed E-state index contributed by atoms with van der Waals surface area (Å²) in [5.74, 6) is -0.0157. The van der Waals surface area contributed by atoms with Crippen LogP contribution in [0.15, 0.2) is 76.2 Å². The number of hydrazone groups is 1. The summed E-state index contributed by atoms with van der Waals surface area (Å²) in [6.07, 6.45) is 1.41. The van der Waals surface area contributed by atoms with Crippen molar-refractivity contribution in [3.05, 3.63) is 99.5 Å². The van der Waals surface area contributed by atoms with Crippen LogP contribution in [0.4, 0.5) is 10.1 Å². The standard InChI is InChI=1S/C24H18FN3O6/c1-32-22-10-16(4-8-21(22)33-14-15-2-5-18(25)6-3-15)13-26-27-24(29)23-12-17-11-19(28(30)31)7-9-20(17)34-23/h2-13H,14H2,1H3,(H,27,29)/b26-13+. The number of ether oxygens (including phenoxy) is 2. The zero-order valence-electron chi connectivity index (χ0n) is 17.9. The Morgan fingerprint density at radius 3 is 2.65 bits per heavy atom. The number of hydrogen-bond acceptors (Lipinski definition) is 7. The van der Waals surface area contributed by atoms with Crippen molar-refractivity contribution in [1.29, 1.82) is 0 Å². The first kappa shape index (κ1) is 22.5. The quantitative estimate of drug-likeness (QED) is 0.227. The summed E-state index contributed by atoms with van der Waals surface area (Å²) in [7, 11) is 1.49. The van der Waals surface area contributed by atoms with Crippen LogP contribution in [0.2, 0.25) is 0 Å². The van der Waals surface area contributed by atoms with E-state index in [4.69, 9.17) is 13.9 Å². The molecule has 1 N–H and O–H groups in total. The molecular formula is C24H18FN3O6. The molecule has 1 heterocycles. The van der Waals surface area contributed by atoms with E-state index in [9.17, 15) is 19.3 Å². The third-order valence-electron chi connectivity index (χ3n) is 4.81. The number of carbonyl (C=O) groups excluding carboxylic acids is 1. The van der Waals surface area contributed by atoms with Crippen LogP contribution in [0.25, 0.3) is 11.0 Å². The van der Waals surface area contributed by atoms with Gasteiger partial charge in [0.25, 0.3) is 5.69 Å². The summed E-state index contributed by atoms with van der Waals surface area (Å²) < 4.78 is 29.5. The molecule has 0 radical (unpaired) electrons. The number of methoxy groups -OCH3 is 1. The molecule has 0 aliphatic rings. The van der Waals surface area contributed by atoms with Crippen molar-refractivity contribution in [1.82, 2.24) is 5.43 Å². The highest BCUT2D eigenvalue weighted by Gasteiger charge is 2.14. The molecule has 0 saturated carbocycles. The number of nitro benzene ring substituents is 1. The van der Waals surface area contributed by atoms with E-state index in [1.807, 2.05) is 0 Å². The molecule has 0 spiro atoms. The Kier molecular flexibility index (Phi) is 6.49. The largest absolute Gasteiger partial charge is 0.493 e. The SMILES string of the molecule is COc1cc(/C=N/NC(=O)c2cc3cc([N+](=O)[O-])ccc3o2)ccc1OCc1ccc(F)cc1. The van der Waals surface area contributed by atoms with Gasteiger partial charge in [-0.15, -0.1) is 0 Å². The Balaban J connectivity index is 1.40. The van der Waals surface area contributed by atoms with E-state index in [2.05, 4.69) is 10.5 Å². The molecule has 0 bridgehead atoms. The zero-order valence-corrected chi connectivity index (χ0v) is 17.9. The maximum absolute atomic E-state index is 13.0. The molecule has 0 fully saturated rings. The molecule has 4 aromatic rings. The minimum Gasteiger partial charge on any atom is -0.493 e. The van der Waals surface area contributed by atoms with Gasteiger partial charge in [-0.25, -0.2) is 9.82 Å². The molecule has 3 aromatic carbocycles. The molecule has 1 amide bonds. The number of fused-ring (bicyclic) bond motifs is 1. The van der Waals surface area contributed by atoms with Gasteiger partial charge in [-0.05, 0) is 53.6 Å². The smallest absolute Gasteiger partial charge is 0.307 e. The predicted octanol–water partition coefficient (Wildman–Crippen LogP) is 4.83. The topological polar surface area (TPSA) is 116 Å². The Morgan fingerprint density at radius 1 is 1.12 bits per heavy atom. The maximum Gasteiger partial charge on any atom is 0.307 e. The lowest BCUT2D eigenvalue weighted by molar-refractivity contribution is -0.384. The number of hydrogen-bond donors (Lipinski definition) is 1. The number of halogens is 1. The van der Waals surface area contributed by atoms with Crippen molar-refractivity contribution < 1.29 is 28.0 Å². The molecule has 34 heavy (non-hydrogen) atoms. The van der Waals surface area contributed by atoms with E-state index >= 15 is 0 Å². The molecule has 0 atom stereocenters. The highest BCUT2D eigenvalue weighted by molar-refractivity contribution is 5.97. The summed E-state index contributed by atoms with van der Waals surface area (Å²) in [4.78, 5) is 22.7. The van der Waals surface area contributed by atoms with Crippen molar-refractivity contribution >= 4 is 28.8 Å². The van der Waals surface area contributed by atoms with Crippen molar-refractivity contribution in [3.8, 4) is 11.5 Å². The lowest BCUT2D eigenvalue weighted by Gasteiger charge is -2.11. The van der Waals surface area contributed by atoms with Crippen LogP contribution >= 0.6 is 0 Å². The number of benzene rings is 3. The number of nitro groups is 1. The molecule has 4 rings (SSSR count). The first-order valence-electron chi connectivity index (χ1n) is 9.99. The molecule has 0 aliphatic heterocycles. The van der Waals surface area contributed by atoms with Crippen LogP contribution in [-0.4, -0.2) is 24.2 Å². The first-order valence-corrected chi connectivity index (χ1v) is 9.99. The van der Waals surface area contributed by atoms with E-state index in [0.29, 0.717) is 28.0 Å². The molecule has 0 aliphatic carbocycles. The van der Waals surface area contributed by atoms with E-state index in [1.165, 1.54) is 49.7 Å². The van der Waals surface area contributed by atoms with Gasteiger partial charge in [-0.3, -0.25) is 14.9 Å². The summed E-state index contributed by atoms with van der Waals surface area (Å²) >= 11 is 0. The van der Waals surface area contributed by atoms with Gasteiger partial charge in [0.1, 0.15) is 18.0 Å². The Hall–Kier alpha value is -4.73. The van der Waals surface area contributed by atoms with Crippen LogP contribution in [0.5, 0.6) is 11.5 Å². The average molecular weight is 463 g/mol. The normalized spacial score (nSPS) is 11.0. The van der Waals surface area contributed by atoms with Crippen molar-refractivity contribution in [2.75, 3.05) is 7.11 Å². The number of carbonyl (C=O) groups is 1. The Labute approximate surface area is 192 Å². The highest BCUT2D eigenvalue weighted by atomic mass is 19.1. The zero-order chi connectivity index (χ0) is 24.1. The molecule has 10 heteroatoms. The summed E-state index contributed by atoms with van der Waals surface area (Å²) in [6, 6.07) is 16.5. The number of furan rings is 1. The van der Waals surface area contributed by atoms with Gasteiger partial charge in [-0.2, -0.15) is 5.10 Å². The predicted molar refractivity (Wildman–Crippen MR) is 122 cm³/mol. The second-order valence-corrected chi connectivity index (χ2v) is 7.11. The fourth-order valence-corrected chi connectivity index (χ4v) is 3.10. The third kappa shape index (κ3) is 5.18. The van der Waals surface area contributed by atoms with Gasteiger partial charge in [0.15, 0.2) is 17.3 Å². The molecule has 0 unspecified atom stereocenters. The molecule has 172 valence electrons. The fraction of sp³-hybridized carbons (Fsp3) is 0.0833. The van der Waals surface area contributed by atoms with Crippen LogP contribution in [0, 0.1) is 15.9 Å². The van der Waals surface area contributed by atoms with Gasteiger partial charge in [0, 0.05) is 17.5 Å². The van der Waals surface area contributed by atoms with E-state index in [0.717, 1.165) is 5.56 Å². The van der Waals surface area contributed by atoms with E-state index in [-0.39, 0.29) is 23.9 Å². The second kappa shape index (κ2) is 9.82. The van der Waals surface area contributed by atoms with Gasteiger partial charge < -0.3 is 13.9 Å². The van der Waals surface area contributed by atoms with E-state index < -0.39 is 10.8 Å². The second-order valence-electron chi connectivity index (χ2n) is 7.11. The Morgan fingerprint density at radius 2 is 1.91 bits per heavy atom. The van der Waals surface area contributed by atoms with Crippen LogP contribution in [-0.2, 0) is 6.61 Å². The highest BCUT2D eigenvalue weighted by Crippen LogP contribution is 2.28. The Bertz CT molecular complexity index is 1380. The first-order chi connectivity index (χ1) is 16.4. The van der Waals surface area contributed by atoms with Gasteiger partial charge >= 0.3 is 5.91 Å². The summed E-state index contributed by atoms with van der Waals surface area (Å²) in [5, 5.41) is 15.2. The number of amides is 1. The summed E-state index contributed by atoms with van der Waals surface area (Å²) in [5.41, 5.74) is 4.03. The number of non-ortho nitro benzene ring substituents is 1. The minimum absolute atomic E-state index is 0.0326. The lowest BCUT2D eigenvalue weighted by Crippen LogP contribution is -2.16. The van der Waals surface area contributed by atoms with Gasteiger partial charge in [0.2, 0.25) is 0 Å². The van der Waals surface area contributed by atoms with E-state index in [1.54, 1.807) is 30.3 Å². The van der Waals surface area contributed by atoms with Crippen LogP contribution in [0.1, 0.15) is 21.7 Å². The number of nitrogens with zero attached hydrogens (tertiary/aromatic N) is 2. The average Bonchev–Trinajstić information content (AvgIpc) is 3.27. The number of rotatable bonds is 8. The van der Waals surface area contributed by atoms with Gasteiger partial charge in [0.05, 0.1) is 18.2 Å². The van der Waals surface area contributed by atoms with Crippen molar-refractivity contribution in [3.63, 3.8) is 0 Å². The van der Waals surface area contributed by atoms with Crippen molar-refractivity contribution in [2.24, 2.45) is 5.10 Å². The lowest BCUT2D eigenvalue weighted by atomic mass is 10.2. The maximum atomic E-state index is 13.0. The third-order valence-corrected chi connectivity index (χ3v) is 4.81. The van der Waals surface area contributed by atoms with Crippen LogP contribution < -0.4 is 14.9 Å². The fourth-order valence-electron chi connectivity index (χ4n) is 3.10. The summed E-state index contributed by atoms with van der Waals surface area (Å²) in [6.45, 7) is 0.237.